The second-order valence-corrected chi connectivity index (χ2v) is 7.39. The van der Waals surface area contributed by atoms with Gasteiger partial charge in [0.25, 0.3) is 0 Å². The molecule has 3 N–H and O–H groups in total. The fourth-order valence-electron chi connectivity index (χ4n) is 3.69. The third-order valence-electron chi connectivity index (χ3n) is 5.23. The van der Waals surface area contributed by atoms with E-state index in [9.17, 15) is 5.11 Å². The van der Waals surface area contributed by atoms with E-state index in [1.165, 1.54) is 16.7 Å². The molecule has 1 heterocycles. The second-order valence-electron chi connectivity index (χ2n) is 7.39. The Morgan fingerprint density at radius 3 is 2.24 bits per heavy atom. The Balaban J connectivity index is 0.00000261. The highest BCUT2D eigenvalue weighted by Crippen LogP contribution is 2.27. The van der Waals surface area contributed by atoms with Gasteiger partial charge in [-0.3, -0.25) is 4.90 Å². The molecule has 0 bridgehead atoms. The molecule has 0 amide bonds. The normalized spacial score (nSPS) is 15.3. The fraction of sp³-hybridized carbons (Fsp3) is 0.391. The third-order valence-corrected chi connectivity index (χ3v) is 5.23. The molecule has 1 aliphatic heterocycles. The Bertz CT molecular complexity index is 720. The van der Waals surface area contributed by atoms with Gasteiger partial charge in [-0.15, -0.1) is 31.4 Å². The van der Waals surface area contributed by atoms with Crippen molar-refractivity contribution in [1.29, 1.82) is 0 Å². The Hall–Kier alpha value is -1.56. The largest absolute Gasteiger partial charge is 0.508 e. The summed E-state index contributed by atoms with van der Waals surface area (Å²) in [6.45, 7) is 11.6. The summed E-state index contributed by atoms with van der Waals surface area (Å²) in [5.41, 5.74) is 3.80. The number of hydrogen-bond donors (Lipinski definition) is 1. The third kappa shape index (κ3) is 8.37. The summed E-state index contributed by atoms with van der Waals surface area (Å²) in [4.78, 5) is 5.14. The summed E-state index contributed by atoms with van der Waals surface area (Å²) < 4.78 is 0. The minimum absolute atomic E-state index is 0. The average Bonchev–Trinajstić information content (AvgIpc) is 2.66. The maximum absolute atomic E-state index is 9.82. The minimum atomic E-state index is 0. The van der Waals surface area contributed by atoms with Gasteiger partial charge in [-0.25, -0.2) is 0 Å². The maximum atomic E-state index is 9.82. The zero-order valence-electron chi connectivity index (χ0n) is 17.1. The molecule has 6 heteroatoms. The molecule has 0 spiro atoms. The molecule has 0 aliphatic carbocycles. The van der Waals surface area contributed by atoms with Crippen LogP contribution in [0.3, 0.4) is 0 Å². The Labute approximate surface area is 187 Å². The number of rotatable bonds is 7. The molecule has 1 unspecified atom stereocenters. The van der Waals surface area contributed by atoms with E-state index in [0.29, 0.717) is 11.8 Å². The van der Waals surface area contributed by atoms with Gasteiger partial charge in [0.05, 0.1) is 0 Å². The van der Waals surface area contributed by atoms with Gasteiger partial charge in [0.2, 0.25) is 0 Å². The van der Waals surface area contributed by atoms with Crippen LogP contribution in [-0.4, -0.2) is 53.1 Å². The number of aromatic hydroxyl groups is 1. The minimum Gasteiger partial charge on any atom is -0.508 e. The molecule has 2 aromatic rings. The molecule has 3 rings (SSSR count). The van der Waals surface area contributed by atoms with Crippen molar-refractivity contribution in [2.45, 2.75) is 25.8 Å². The zero-order valence-corrected chi connectivity index (χ0v) is 18.7. The standard InChI is InChI=1S/C23H30N2O.2ClH.H2O/c1-19(2)11-12-24-13-15-25(16-14-24)23(21-8-4-3-5-9-21)18-20-7-6-10-22(26)17-20;;;/h3-10,17,23,26H,1,11-16,18H2,2H3;2*1H;1H2. The first-order valence-corrected chi connectivity index (χ1v) is 9.55. The van der Waals surface area contributed by atoms with E-state index < -0.39 is 0 Å². The van der Waals surface area contributed by atoms with Gasteiger partial charge in [-0.1, -0.05) is 48.0 Å². The fourth-order valence-corrected chi connectivity index (χ4v) is 3.69. The van der Waals surface area contributed by atoms with Crippen molar-refractivity contribution >= 4 is 24.8 Å². The van der Waals surface area contributed by atoms with Crippen LogP contribution in [0.15, 0.2) is 66.7 Å². The van der Waals surface area contributed by atoms with Crippen molar-refractivity contribution in [3.05, 3.63) is 77.9 Å². The van der Waals surface area contributed by atoms with Crippen LogP contribution in [0.4, 0.5) is 0 Å². The molecular weight excluding hydrogens is 407 g/mol. The molecule has 1 fully saturated rings. The van der Waals surface area contributed by atoms with Crippen LogP contribution in [0.25, 0.3) is 0 Å². The zero-order chi connectivity index (χ0) is 18.4. The van der Waals surface area contributed by atoms with Crippen molar-refractivity contribution in [3.63, 3.8) is 0 Å². The van der Waals surface area contributed by atoms with Crippen LogP contribution in [0.5, 0.6) is 5.75 Å². The summed E-state index contributed by atoms with van der Waals surface area (Å²) in [5, 5.41) is 9.82. The van der Waals surface area contributed by atoms with E-state index in [0.717, 1.165) is 45.6 Å². The highest BCUT2D eigenvalue weighted by atomic mass is 35.5. The lowest BCUT2D eigenvalue weighted by molar-refractivity contribution is 0.0961. The van der Waals surface area contributed by atoms with Crippen LogP contribution in [-0.2, 0) is 6.42 Å². The van der Waals surface area contributed by atoms with Crippen molar-refractivity contribution in [2.24, 2.45) is 0 Å². The van der Waals surface area contributed by atoms with E-state index in [4.69, 9.17) is 0 Å². The van der Waals surface area contributed by atoms with E-state index in [2.05, 4.69) is 59.7 Å². The number of phenols is 1. The predicted octanol–water partition coefficient (Wildman–Crippen LogP) is 4.28. The van der Waals surface area contributed by atoms with Crippen LogP contribution in [0.2, 0.25) is 0 Å². The molecule has 2 aromatic carbocycles. The molecule has 0 aromatic heterocycles. The monoisotopic (exact) mass is 440 g/mol. The van der Waals surface area contributed by atoms with Crippen LogP contribution in [0.1, 0.15) is 30.5 Å². The van der Waals surface area contributed by atoms with Gasteiger partial charge < -0.3 is 15.5 Å². The molecule has 29 heavy (non-hydrogen) atoms. The number of benzene rings is 2. The second kappa shape index (κ2) is 13.6. The summed E-state index contributed by atoms with van der Waals surface area (Å²) in [7, 11) is 0. The quantitative estimate of drug-likeness (QED) is 0.653. The summed E-state index contributed by atoms with van der Waals surface area (Å²) in [6.07, 6.45) is 2.01. The van der Waals surface area contributed by atoms with E-state index in [1.807, 2.05) is 12.1 Å². The first kappa shape index (κ1) is 27.4. The highest BCUT2D eigenvalue weighted by Gasteiger charge is 2.25. The van der Waals surface area contributed by atoms with Crippen LogP contribution in [0, 0.1) is 0 Å². The topological polar surface area (TPSA) is 58.2 Å². The van der Waals surface area contributed by atoms with Crippen molar-refractivity contribution in [3.8, 4) is 5.75 Å². The first-order chi connectivity index (χ1) is 12.6. The molecular formula is C23H34Cl2N2O2. The van der Waals surface area contributed by atoms with Crippen molar-refractivity contribution < 1.29 is 10.6 Å². The molecule has 0 radical (unpaired) electrons. The summed E-state index contributed by atoms with van der Waals surface area (Å²) in [6, 6.07) is 18.8. The van der Waals surface area contributed by atoms with E-state index in [-0.39, 0.29) is 30.3 Å². The number of phenolic OH excluding ortho intramolecular Hbond substituents is 1. The lowest BCUT2D eigenvalue weighted by atomic mass is 9.96. The Morgan fingerprint density at radius 1 is 1.00 bits per heavy atom. The molecule has 0 saturated carbocycles. The Kier molecular flexibility index (Phi) is 12.9. The van der Waals surface area contributed by atoms with Crippen LogP contribution < -0.4 is 0 Å². The molecule has 1 atom stereocenters. The lowest BCUT2D eigenvalue weighted by Gasteiger charge is -2.39. The lowest BCUT2D eigenvalue weighted by Crippen LogP contribution is -2.48. The van der Waals surface area contributed by atoms with Gasteiger partial charge in [-0.2, -0.15) is 0 Å². The summed E-state index contributed by atoms with van der Waals surface area (Å²) in [5.74, 6) is 0.346. The van der Waals surface area contributed by atoms with Gasteiger partial charge in [-0.05, 0) is 43.0 Å². The van der Waals surface area contributed by atoms with Gasteiger partial charge >= 0.3 is 0 Å². The highest BCUT2D eigenvalue weighted by molar-refractivity contribution is 5.85. The maximum Gasteiger partial charge on any atom is 0.115 e. The first-order valence-electron chi connectivity index (χ1n) is 9.55. The van der Waals surface area contributed by atoms with Gasteiger partial charge in [0.1, 0.15) is 5.75 Å². The van der Waals surface area contributed by atoms with E-state index >= 15 is 0 Å². The number of nitrogens with zero attached hydrogens (tertiary/aromatic N) is 2. The Morgan fingerprint density at radius 2 is 1.66 bits per heavy atom. The van der Waals surface area contributed by atoms with Crippen LogP contribution >= 0.6 is 24.8 Å². The number of piperazine rings is 1. The SMILES string of the molecule is C=C(C)CCN1CCN(C(Cc2cccc(O)c2)c2ccccc2)CC1.Cl.Cl.O. The molecule has 1 saturated heterocycles. The molecule has 4 nitrogen and oxygen atoms in total. The average molecular weight is 441 g/mol. The molecule has 162 valence electrons. The number of halogens is 2. The van der Waals surface area contributed by atoms with Gasteiger partial charge in [0, 0.05) is 38.8 Å². The predicted molar refractivity (Wildman–Crippen MR) is 127 cm³/mol. The van der Waals surface area contributed by atoms with Crippen molar-refractivity contribution in [2.75, 3.05) is 32.7 Å². The smallest absolute Gasteiger partial charge is 0.115 e. The number of hydrogen-bond acceptors (Lipinski definition) is 3. The van der Waals surface area contributed by atoms with Crippen molar-refractivity contribution in [1.82, 2.24) is 9.80 Å². The molecule has 1 aliphatic rings. The van der Waals surface area contributed by atoms with E-state index in [1.54, 1.807) is 6.07 Å². The van der Waals surface area contributed by atoms with Gasteiger partial charge in [0.15, 0.2) is 0 Å². The summed E-state index contributed by atoms with van der Waals surface area (Å²) >= 11 is 0.